The van der Waals surface area contributed by atoms with Gasteiger partial charge in [-0.15, -0.1) is 0 Å². The number of aromatic hydroxyl groups is 1. The highest BCUT2D eigenvalue weighted by Crippen LogP contribution is 2.34. The average Bonchev–Trinajstić information content (AvgIpc) is 2.62. The quantitative estimate of drug-likeness (QED) is 0.623. The summed E-state index contributed by atoms with van der Waals surface area (Å²) in [5.41, 5.74) is 10.3. The summed E-state index contributed by atoms with van der Waals surface area (Å²) < 4.78 is 5.36. The molecule has 2 aromatic carbocycles. The van der Waals surface area contributed by atoms with E-state index in [0.717, 1.165) is 37.2 Å². The lowest BCUT2D eigenvalue weighted by Crippen LogP contribution is -2.28. The molecule has 0 heterocycles. The Labute approximate surface area is 150 Å². The number of nitrogens with zero attached hydrogens (tertiary/aromatic N) is 1. The number of anilines is 1. The maximum absolute atomic E-state index is 9.52. The fourth-order valence-corrected chi connectivity index (χ4v) is 3.75. The minimum Gasteiger partial charge on any atom is -0.506 e. The lowest BCUT2D eigenvalue weighted by atomic mass is 9.82. The molecule has 0 saturated carbocycles. The summed E-state index contributed by atoms with van der Waals surface area (Å²) in [4.78, 5) is 2.40. The van der Waals surface area contributed by atoms with E-state index in [1.165, 1.54) is 24.0 Å². The third kappa shape index (κ3) is 4.26. The SMILES string of the molecule is COc1ccc2c(c1)CCCC2CN(C)CCc1ccc(O)c(N)c1. The molecule has 0 aliphatic heterocycles. The molecule has 2 aromatic rings. The van der Waals surface area contributed by atoms with Crippen LogP contribution in [0.15, 0.2) is 36.4 Å². The summed E-state index contributed by atoms with van der Waals surface area (Å²) >= 11 is 0. The van der Waals surface area contributed by atoms with E-state index in [2.05, 4.69) is 30.1 Å². The summed E-state index contributed by atoms with van der Waals surface area (Å²) in [6.07, 6.45) is 4.58. The third-order valence-electron chi connectivity index (χ3n) is 5.19. The molecule has 3 N–H and O–H groups in total. The second-order valence-corrected chi connectivity index (χ2v) is 7.06. The molecular formula is C21H28N2O2. The van der Waals surface area contributed by atoms with Crippen LogP contribution in [0.4, 0.5) is 5.69 Å². The normalized spacial score (nSPS) is 16.7. The van der Waals surface area contributed by atoms with Crippen LogP contribution in [0.2, 0.25) is 0 Å². The zero-order valence-electron chi connectivity index (χ0n) is 15.2. The molecule has 0 fully saturated rings. The number of rotatable bonds is 6. The predicted octanol–water partition coefficient (Wildman–Crippen LogP) is 3.58. The number of aryl methyl sites for hydroxylation is 1. The van der Waals surface area contributed by atoms with Gasteiger partial charge in [-0.05, 0) is 79.6 Å². The molecule has 1 atom stereocenters. The molecule has 0 radical (unpaired) electrons. The van der Waals surface area contributed by atoms with Crippen molar-refractivity contribution in [2.24, 2.45) is 0 Å². The van der Waals surface area contributed by atoms with Gasteiger partial charge in [0, 0.05) is 13.1 Å². The van der Waals surface area contributed by atoms with Crippen molar-refractivity contribution in [3.8, 4) is 11.5 Å². The molecule has 4 nitrogen and oxygen atoms in total. The van der Waals surface area contributed by atoms with Gasteiger partial charge in [0.05, 0.1) is 12.8 Å². The lowest BCUT2D eigenvalue weighted by molar-refractivity contribution is 0.300. The highest BCUT2D eigenvalue weighted by molar-refractivity contribution is 5.53. The minimum atomic E-state index is 0.159. The van der Waals surface area contributed by atoms with E-state index in [-0.39, 0.29) is 5.75 Å². The lowest BCUT2D eigenvalue weighted by Gasteiger charge is -2.29. The Hall–Kier alpha value is -2.20. The van der Waals surface area contributed by atoms with Gasteiger partial charge in [-0.25, -0.2) is 0 Å². The van der Waals surface area contributed by atoms with Crippen LogP contribution < -0.4 is 10.5 Å². The Morgan fingerprint density at radius 1 is 1.24 bits per heavy atom. The average molecular weight is 340 g/mol. The molecule has 25 heavy (non-hydrogen) atoms. The highest BCUT2D eigenvalue weighted by atomic mass is 16.5. The highest BCUT2D eigenvalue weighted by Gasteiger charge is 2.21. The zero-order chi connectivity index (χ0) is 17.8. The van der Waals surface area contributed by atoms with Crippen LogP contribution in [0, 0.1) is 0 Å². The Morgan fingerprint density at radius 2 is 2.08 bits per heavy atom. The Morgan fingerprint density at radius 3 is 2.84 bits per heavy atom. The maximum Gasteiger partial charge on any atom is 0.138 e. The van der Waals surface area contributed by atoms with Gasteiger partial charge in [-0.1, -0.05) is 12.1 Å². The van der Waals surface area contributed by atoms with Gasteiger partial charge < -0.3 is 20.5 Å². The fourth-order valence-electron chi connectivity index (χ4n) is 3.75. The van der Waals surface area contributed by atoms with E-state index in [9.17, 15) is 5.11 Å². The monoisotopic (exact) mass is 340 g/mol. The van der Waals surface area contributed by atoms with Crippen LogP contribution >= 0.6 is 0 Å². The first kappa shape index (κ1) is 17.6. The molecular weight excluding hydrogens is 312 g/mol. The minimum absolute atomic E-state index is 0.159. The molecule has 4 heteroatoms. The number of fused-ring (bicyclic) bond motifs is 1. The number of methoxy groups -OCH3 is 1. The number of hydrogen-bond acceptors (Lipinski definition) is 4. The van der Waals surface area contributed by atoms with Crippen molar-refractivity contribution >= 4 is 5.69 Å². The van der Waals surface area contributed by atoms with Gasteiger partial charge in [0.15, 0.2) is 0 Å². The second kappa shape index (κ2) is 7.79. The Bertz CT molecular complexity index is 730. The van der Waals surface area contributed by atoms with Crippen molar-refractivity contribution in [2.75, 3.05) is 33.0 Å². The van der Waals surface area contributed by atoms with E-state index in [1.807, 2.05) is 12.1 Å². The van der Waals surface area contributed by atoms with Crippen molar-refractivity contribution in [1.29, 1.82) is 0 Å². The molecule has 0 bridgehead atoms. The van der Waals surface area contributed by atoms with Gasteiger partial charge >= 0.3 is 0 Å². The zero-order valence-corrected chi connectivity index (χ0v) is 15.2. The fraction of sp³-hybridized carbons (Fsp3) is 0.429. The second-order valence-electron chi connectivity index (χ2n) is 7.06. The molecule has 1 unspecified atom stereocenters. The summed E-state index contributed by atoms with van der Waals surface area (Å²) in [6, 6.07) is 12.0. The van der Waals surface area contributed by atoms with Gasteiger partial charge in [0.1, 0.15) is 11.5 Å². The van der Waals surface area contributed by atoms with Crippen LogP contribution in [0.25, 0.3) is 0 Å². The molecule has 134 valence electrons. The van der Waals surface area contributed by atoms with Gasteiger partial charge in [-0.3, -0.25) is 0 Å². The van der Waals surface area contributed by atoms with Crippen LogP contribution in [0.1, 0.15) is 35.4 Å². The van der Waals surface area contributed by atoms with Crippen LogP contribution in [-0.4, -0.2) is 37.3 Å². The van der Waals surface area contributed by atoms with Gasteiger partial charge in [-0.2, -0.15) is 0 Å². The molecule has 0 saturated heterocycles. The number of phenolic OH excluding ortho intramolecular Hbond substituents is 1. The number of nitrogens with two attached hydrogens (primary N) is 1. The number of nitrogen functional groups attached to an aromatic ring is 1. The maximum atomic E-state index is 9.52. The summed E-state index contributed by atoms with van der Waals surface area (Å²) in [5, 5.41) is 9.52. The molecule has 0 spiro atoms. The number of ether oxygens (including phenoxy) is 1. The van der Waals surface area contributed by atoms with Crippen LogP contribution in [0.5, 0.6) is 11.5 Å². The largest absolute Gasteiger partial charge is 0.506 e. The first-order valence-electron chi connectivity index (χ1n) is 8.99. The standard InChI is InChI=1S/C21H28N2O2/c1-23(11-10-15-6-9-21(24)20(22)12-15)14-17-5-3-4-16-13-18(25-2)7-8-19(16)17/h6-9,12-13,17,24H,3-5,10-11,14,22H2,1-2H3. The van der Waals surface area contributed by atoms with Crippen LogP contribution in [0.3, 0.4) is 0 Å². The number of benzene rings is 2. The molecule has 1 aliphatic rings. The van der Waals surface area contributed by atoms with E-state index in [0.29, 0.717) is 11.6 Å². The van der Waals surface area contributed by atoms with Crippen molar-refractivity contribution in [3.63, 3.8) is 0 Å². The summed E-state index contributed by atoms with van der Waals surface area (Å²) in [6.45, 7) is 2.04. The third-order valence-corrected chi connectivity index (χ3v) is 5.19. The summed E-state index contributed by atoms with van der Waals surface area (Å²) in [5.74, 6) is 1.70. The number of likely N-dealkylation sites (N-methyl/N-ethyl adjacent to an activating group) is 1. The predicted molar refractivity (Wildman–Crippen MR) is 102 cm³/mol. The van der Waals surface area contributed by atoms with Crippen molar-refractivity contribution < 1.29 is 9.84 Å². The Balaban J connectivity index is 1.60. The van der Waals surface area contributed by atoms with Crippen LogP contribution in [-0.2, 0) is 12.8 Å². The van der Waals surface area contributed by atoms with Gasteiger partial charge in [0.25, 0.3) is 0 Å². The molecule has 0 amide bonds. The van der Waals surface area contributed by atoms with E-state index in [1.54, 1.807) is 13.2 Å². The topological polar surface area (TPSA) is 58.7 Å². The van der Waals surface area contributed by atoms with Crippen molar-refractivity contribution in [1.82, 2.24) is 4.90 Å². The molecule has 3 rings (SSSR count). The van der Waals surface area contributed by atoms with E-state index < -0.39 is 0 Å². The molecule has 1 aliphatic carbocycles. The first-order chi connectivity index (χ1) is 12.1. The van der Waals surface area contributed by atoms with E-state index in [4.69, 9.17) is 10.5 Å². The van der Waals surface area contributed by atoms with Crippen molar-refractivity contribution in [3.05, 3.63) is 53.1 Å². The first-order valence-corrected chi connectivity index (χ1v) is 8.99. The van der Waals surface area contributed by atoms with Gasteiger partial charge in [0.2, 0.25) is 0 Å². The van der Waals surface area contributed by atoms with E-state index >= 15 is 0 Å². The smallest absolute Gasteiger partial charge is 0.138 e. The number of hydrogen-bond donors (Lipinski definition) is 2. The van der Waals surface area contributed by atoms with Crippen molar-refractivity contribution in [2.45, 2.75) is 31.6 Å². The summed E-state index contributed by atoms with van der Waals surface area (Å²) in [7, 11) is 3.91. The molecule has 0 aromatic heterocycles. The number of phenols is 1. The Kier molecular flexibility index (Phi) is 5.49.